The highest BCUT2D eigenvalue weighted by Gasteiger charge is 2.23. The fourth-order valence-corrected chi connectivity index (χ4v) is 2.30. The maximum atomic E-state index is 11.6. The molecule has 17 heavy (non-hydrogen) atoms. The van der Waals surface area contributed by atoms with Crippen LogP contribution in [0.5, 0.6) is 0 Å². The average Bonchev–Trinajstić information content (AvgIpc) is 2.28. The predicted octanol–water partition coefficient (Wildman–Crippen LogP) is 3.02. The highest BCUT2D eigenvalue weighted by Crippen LogP contribution is 2.28. The molecule has 0 spiro atoms. The molecule has 1 aliphatic rings. The lowest BCUT2D eigenvalue weighted by Gasteiger charge is -2.21. The van der Waals surface area contributed by atoms with Crippen LogP contribution >= 0.6 is 11.6 Å². The van der Waals surface area contributed by atoms with Crippen LogP contribution in [0.2, 0.25) is 5.02 Å². The van der Waals surface area contributed by atoms with E-state index < -0.39 is 0 Å². The first kappa shape index (κ1) is 10.5. The maximum Gasteiger partial charge on any atom is 0.228 e. The van der Waals surface area contributed by atoms with Gasteiger partial charge in [-0.1, -0.05) is 18.5 Å². The van der Waals surface area contributed by atoms with Crippen molar-refractivity contribution in [2.75, 3.05) is 5.32 Å². The number of nitrogens with one attached hydrogen (secondary N) is 1. The molecule has 4 heteroatoms. The average molecular weight is 247 g/mol. The van der Waals surface area contributed by atoms with Crippen LogP contribution in [-0.4, -0.2) is 10.9 Å². The van der Waals surface area contributed by atoms with Gasteiger partial charge in [-0.25, -0.2) is 4.98 Å². The number of benzene rings is 1. The lowest BCUT2D eigenvalue weighted by atomic mass is 9.96. The number of hydrogen-bond acceptors (Lipinski definition) is 2. The molecule has 2 aromatic rings. The fourth-order valence-electron chi connectivity index (χ4n) is 2.12. The first-order chi connectivity index (χ1) is 8.13. The third-order valence-corrected chi connectivity index (χ3v) is 3.31. The SMILES string of the molecule is CC1Cc2cc3cc(Cl)ccc3nc2NC1=O. The van der Waals surface area contributed by atoms with Gasteiger partial charge in [0.2, 0.25) is 5.91 Å². The van der Waals surface area contributed by atoms with E-state index in [0.29, 0.717) is 10.8 Å². The number of carbonyl (C=O) groups is 1. The molecule has 1 unspecified atom stereocenters. The Balaban J connectivity index is 2.20. The zero-order valence-electron chi connectivity index (χ0n) is 9.33. The van der Waals surface area contributed by atoms with Crippen molar-refractivity contribution < 1.29 is 4.79 Å². The van der Waals surface area contributed by atoms with E-state index in [9.17, 15) is 4.79 Å². The molecule has 0 fully saturated rings. The van der Waals surface area contributed by atoms with Crippen LogP contribution in [-0.2, 0) is 11.2 Å². The molecule has 3 rings (SSSR count). The maximum absolute atomic E-state index is 11.6. The molecule has 0 aliphatic carbocycles. The number of carbonyl (C=O) groups excluding carboxylic acids is 1. The Labute approximate surface area is 104 Å². The quantitative estimate of drug-likeness (QED) is 0.776. The number of rotatable bonds is 0. The van der Waals surface area contributed by atoms with Gasteiger partial charge in [0.05, 0.1) is 5.52 Å². The molecule has 0 radical (unpaired) electrons. The van der Waals surface area contributed by atoms with Crippen LogP contribution in [0, 0.1) is 5.92 Å². The number of hydrogen-bond donors (Lipinski definition) is 1. The van der Waals surface area contributed by atoms with Crippen molar-refractivity contribution in [2.24, 2.45) is 5.92 Å². The number of halogens is 1. The minimum Gasteiger partial charge on any atom is -0.310 e. The van der Waals surface area contributed by atoms with Crippen molar-refractivity contribution >= 4 is 34.2 Å². The van der Waals surface area contributed by atoms with Crippen molar-refractivity contribution in [3.63, 3.8) is 0 Å². The van der Waals surface area contributed by atoms with E-state index in [1.807, 2.05) is 19.1 Å². The Kier molecular flexibility index (Phi) is 2.30. The van der Waals surface area contributed by atoms with E-state index >= 15 is 0 Å². The van der Waals surface area contributed by atoms with Crippen molar-refractivity contribution in [2.45, 2.75) is 13.3 Å². The van der Waals surface area contributed by atoms with E-state index in [-0.39, 0.29) is 11.8 Å². The Morgan fingerprint density at radius 3 is 3.06 bits per heavy atom. The Morgan fingerprint density at radius 1 is 1.41 bits per heavy atom. The smallest absolute Gasteiger partial charge is 0.228 e. The van der Waals surface area contributed by atoms with Gasteiger partial charge in [-0.15, -0.1) is 0 Å². The summed E-state index contributed by atoms with van der Waals surface area (Å²) >= 11 is 5.96. The first-order valence-electron chi connectivity index (χ1n) is 5.53. The van der Waals surface area contributed by atoms with Gasteiger partial charge >= 0.3 is 0 Å². The van der Waals surface area contributed by atoms with Gasteiger partial charge in [0.15, 0.2) is 0 Å². The molecule has 0 saturated heterocycles. The second-order valence-corrected chi connectivity index (χ2v) is 4.86. The number of fused-ring (bicyclic) bond motifs is 2. The fraction of sp³-hybridized carbons (Fsp3) is 0.231. The summed E-state index contributed by atoms with van der Waals surface area (Å²) < 4.78 is 0. The highest BCUT2D eigenvalue weighted by atomic mass is 35.5. The summed E-state index contributed by atoms with van der Waals surface area (Å²) in [5, 5.41) is 4.55. The van der Waals surface area contributed by atoms with Crippen LogP contribution in [0.15, 0.2) is 24.3 Å². The molecule has 1 atom stereocenters. The van der Waals surface area contributed by atoms with Crippen LogP contribution in [0.1, 0.15) is 12.5 Å². The highest BCUT2D eigenvalue weighted by molar-refractivity contribution is 6.31. The third-order valence-electron chi connectivity index (χ3n) is 3.07. The van der Waals surface area contributed by atoms with Crippen LogP contribution < -0.4 is 5.32 Å². The van der Waals surface area contributed by atoms with Crippen molar-refractivity contribution in [3.05, 3.63) is 34.9 Å². The van der Waals surface area contributed by atoms with Gasteiger partial charge < -0.3 is 5.32 Å². The van der Waals surface area contributed by atoms with Crippen molar-refractivity contribution in [3.8, 4) is 0 Å². The van der Waals surface area contributed by atoms with E-state index in [1.165, 1.54) is 0 Å². The van der Waals surface area contributed by atoms with E-state index in [0.717, 1.165) is 22.9 Å². The molecule has 2 heterocycles. The topological polar surface area (TPSA) is 42.0 Å². The number of anilines is 1. The summed E-state index contributed by atoms with van der Waals surface area (Å²) in [4.78, 5) is 16.0. The minimum absolute atomic E-state index is 0.000865. The first-order valence-corrected chi connectivity index (χ1v) is 5.91. The number of nitrogens with zero attached hydrogens (tertiary/aromatic N) is 1. The van der Waals surface area contributed by atoms with E-state index in [4.69, 9.17) is 11.6 Å². The molecule has 0 bridgehead atoms. The molecular formula is C13H11ClN2O. The zero-order valence-corrected chi connectivity index (χ0v) is 10.1. The lowest BCUT2D eigenvalue weighted by Crippen LogP contribution is -2.28. The molecular weight excluding hydrogens is 236 g/mol. The number of pyridine rings is 1. The van der Waals surface area contributed by atoms with Crippen LogP contribution in [0.3, 0.4) is 0 Å². The monoisotopic (exact) mass is 246 g/mol. The van der Waals surface area contributed by atoms with Gasteiger partial charge in [-0.3, -0.25) is 4.79 Å². The normalized spacial score (nSPS) is 18.9. The Morgan fingerprint density at radius 2 is 2.24 bits per heavy atom. The predicted molar refractivity (Wildman–Crippen MR) is 68.3 cm³/mol. The summed E-state index contributed by atoms with van der Waals surface area (Å²) in [6.45, 7) is 1.92. The van der Waals surface area contributed by atoms with Crippen molar-refractivity contribution in [1.29, 1.82) is 0 Å². The van der Waals surface area contributed by atoms with Gasteiger partial charge in [0.25, 0.3) is 0 Å². The van der Waals surface area contributed by atoms with E-state index in [1.54, 1.807) is 6.07 Å². The van der Waals surface area contributed by atoms with E-state index in [2.05, 4.69) is 16.4 Å². The Bertz CT molecular complexity index is 624. The largest absolute Gasteiger partial charge is 0.310 e. The molecule has 1 amide bonds. The van der Waals surface area contributed by atoms with Crippen molar-refractivity contribution in [1.82, 2.24) is 4.98 Å². The van der Waals surface area contributed by atoms with Crippen LogP contribution in [0.4, 0.5) is 5.82 Å². The second kappa shape index (κ2) is 3.70. The summed E-state index contributed by atoms with van der Waals surface area (Å²) in [6.07, 6.45) is 0.733. The molecule has 86 valence electrons. The van der Waals surface area contributed by atoms with Crippen LogP contribution in [0.25, 0.3) is 10.9 Å². The standard InChI is InChI=1S/C13H11ClN2O/c1-7-4-9-5-8-6-10(14)2-3-11(8)15-12(9)16-13(7)17/h2-3,5-7H,4H2,1H3,(H,15,16,17). The minimum atomic E-state index is 0.000865. The molecule has 1 aliphatic heterocycles. The summed E-state index contributed by atoms with van der Waals surface area (Å²) in [7, 11) is 0. The summed E-state index contributed by atoms with van der Waals surface area (Å²) in [5.74, 6) is 0.724. The zero-order chi connectivity index (χ0) is 12.0. The molecule has 3 nitrogen and oxygen atoms in total. The molecule has 1 aromatic heterocycles. The third kappa shape index (κ3) is 1.76. The number of aromatic nitrogens is 1. The number of amides is 1. The molecule has 1 aromatic carbocycles. The molecule has 1 N–H and O–H groups in total. The van der Waals surface area contributed by atoms with Gasteiger partial charge in [0, 0.05) is 16.3 Å². The second-order valence-electron chi connectivity index (χ2n) is 4.43. The summed E-state index contributed by atoms with van der Waals surface area (Å²) in [6, 6.07) is 7.61. The Hall–Kier alpha value is -1.61. The van der Waals surface area contributed by atoms with Gasteiger partial charge in [-0.2, -0.15) is 0 Å². The summed E-state index contributed by atoms with van der Waals surface area (Å²) in [5.41, 5.74) is 1.93. The van der Waals surface area contributed by atoms with Gasteiger partial charge in [-0.05, 0) is 36.2 Å². The lowest BCUT2D eigenvalue weighted by molar-refractivity contribution is -0.119. The molecule has 0 saturated carbocycles. The van der Waals surface area contributed by atoms with Gasteiger partial charge in [0.1, 0.15) is 5.82 Å².